The highest BCUT2D eigenvalue weighted by molar-refractivity contribution is 7.98. The van der Waals surface area contributed by atoms with E-state index < -0.39 is 17.5 Å². The number of anilines is 1. The number of aromatic carboxylic acids is 1. The first kappa shape index (κ1) is 23.2. The van der Waals surface area contributed by atoms with Crippen molar-refractivity contribution in [3.63, 3.8) is 0 Å². The molecule has 1 amide bonds. The molecule has 3 N–H and O–H groups in total. The van der Waals surface area contributed by atoms with Crippen molar-refractivity contribution in [1.82, 2.24) is 0 Å². The summed E-state index contributed by atoms with van der Waals surface area (Å²) in [5, 5.41) is 23.7. The molecule has 36 heavy (non-hydrogen) atoms. The van der Waals surface area contributed by atoms with Gasteiger partial charge in [-0.1, -0.05) is 24.3 Å². The first-order chi connectivity index (χ1) is 17.4. The molecule has 0 atom stereocenters. The molecule has 8 heteroatoms. The molecule has 1 aromatic heterocycles. The summed E-state index contributed by atoms with van der Waals surface area (Å²) in [6, 6.07) is 23.5. The van der Waals surface area contributed by atoms with E-state index in [1.54, 1.807) is 54.6 Å². The number of nitrogens with one attached hydrogen (secondary N) is 1. The molecule has 1 heterocycles. The normalized spacial score (nSPS) is 11.0. The van der Waals surface area contributed by atoms with Crippen LogP contribution in [0, 0.1) is 0 Å². The minimum atomic E-state index is -1.10. The molecular weight excluding hydrogens is 478 g/mol. The van der Waals surface area contributed by atoms with Gasteiger partial charge in [0.25, 0.3) is 5.91 Å². The van der Waals surface area contributed by atoms with Crippen molar-refractivity contribution >= 4 is 51.1 Å². The van der Waals surface area contributed by atoms with E-state index in [1.165, 1.54) is 30.0 Å². The van der Waals surface area contributed by atoms with Gasteiger partial charge in [-0.15, -0.1) is 11.8 Å². The van der Waals surface area contributed by atoms with Crippen LogP contribution in [0.15, 0.2) is 99.0 Å². The van der Waals surface area contributed by atoms with Gasteiger partial charge in [0, 0.05) is 44.3 Å². The average molecular weight is 498 g/mol. The van der Waals surface area contributed by atoms with Crippen LogP contribution in [-0.2, 0) is 5.75 Å². The van der Waals surface area contributed by atoms with Crippen molar-refractivity contribution in [3.05, 3.63) is 112 Å². The maximum atomic E-state index is 13.0. The van der Waals surface area contributed by atoms with Crippen molar-refractivity contribution in [1.29, 1.82) is 0 Å². The number of carbonyl (C=O) groups is 2. The number of hydrogen-bond acceptors (Lipinski definition) is 6. The second-order valence-electron chi connectivity index (χ2n) is 8.06. The molecule has 0 bridgehead atoms. The number of phenols is 1. The lowest BCUT2D eigenvalue weighted by Crippen LogP contribution is -2.13. The highest BCUT2D eigenvalue weighted by Crippen LogP contribution is 2.27. The number of carbonyl (C=O) groups excluding carboxylic acids is 1. The van der Waals surface area contributed by atoms with E-state index in [4.69, 9.17) is 4.42 Å². The minimum absolute atomic E-state index is 0.0303. The summed E-state index contributed by atoms with van der Waals surface area (Å²) < 4.78 is 5.31. The molecule has 0 spiro atoms. The van der Waals surface area contributed by atoms with Crippen LogP contribution in [0.1, 0.15) is 26.3 Å². The summed E-state index contributed by atoms with van der Waals surface area (Å²) in [4.78, 5) is 37.8. The number of carboxylic acids is 1. The van der Waals surface area contributed by atoms with Crippen molar-refractivity contribution in [2.75, 3.05) is 5.32 Å². The first-order valence-corrected chi connectivity index (χ1v) is 11.9. The third-order valence-electron chi connectivity index (χ3n) is 5.68. The van der Waals surface area contributed by atoms with E-state index in [0.717, 1.165) is 10.3 Å². The van der Waals surface area contributed by atoms with Crippen molar-refractivity contribution in [3.8, 4) is 5.75 Å². The Hall–Kier alpha value is -4.56. The van der Waals surface area contributed by atoms with Crippen LogP contribution in [0.4, 0.5) is 5.69 Å². The van der Waals surface area contributed by atoms with Gasteiger partial charge in [-0.05, 0) is 60.0 Å². The number of hydrogen-bond donors (Lipinski definition) is 3. The molecule has 4 aromatic carbocycles. The molecule has 0 aliphatic rings. The molecule has 0 saturated heterocycles. The van der Waals surface area contributed by atoms with Gasteiger partial charge < -0.3 is 19.9 Å². The Kier molecular flexibility index (Phi) is 6.18. The quantitative estimate of drug-likeness (QED) is 0.198. The summed E-state index contributed by atoms with van der Waals surface area (Å²) in [5.74, 6) is -1.09. The SMILES string of the molecule is O=C(O)c1cccc2cccc(C(=O)Nc3ccc(SCc4cc5ccc(O)cc5oc4=O)cc3)c12. The number of aromatic hydroxyl groups is 1. The summed E-state index contributed by atoms with van der Waals surface area (Å²) >= 11 is 1.44. The number of rotatable bonds is 6. The Bertz CT molecular complexity index is 1690. The largest absolute Gasteiger partial charge is 0.508 e. The monoisotopic (exact) mass is 497 g/mol. The van der Waals surface area contributed by atoms with Crippen LogP contribution in [0.5, 0.6) is 5.75 Å². The molecule has 0 aliphatic heterocycles. The van der Waals surface area contributed by atoms with Crippen LogP contribution in [0.2, 0.25) is 0 Å². The maximum absolute atomic E-state index is 13.0. The van der Waals surface area contributed by atoms with E-state index in [0.29, 0.717) is 33.4 Å². The number of fused-ring (bicyclic) bond motifs is 2. The Balaban J connectivity index is 1.31. The Morgan fingerprint density at radius 1 is 0.861 bits per heavy atom. The summed E-state index contributed by atoms with van der Waals surface area (Å²) in [6.45, 7) is 0. The molecule has 5 rings (SSSR count). The average Bonchev–Trinajstić information content (AvgIpc) is 2.87. The molecule has 178 valence electrons. The van der Waals surface area contributed by atoms with Gasteiger partial charge in [0.05, 0.1) is 5.56 Å². The van der Waals surface area contributed by atoms with Crippen molar-refractivity contribution in [2.24, 2.45) is 0 Å². The second-order valence-corrected chi connectivity index (χ2v) is 9.11. The lowest BCUT2D eigenvalue weighted by molar-refractivity contribution is 0.0699. The molecule has 0 unspecified atom stereocenters. The fourth-order valence-electron chi connectivity index (χ4n) is 3.95. The van der Waals surface area contributed by atoms with E-state index >= 15 is 0 Å². The lowest BCUT2D eigenvalue weighted by atomic mass is 9.98. The second kappa shape index (κ2) is 9.59. The van der Waals surface area contributed by atoms with Crippen LogP contribution in [0.3, 0.4) is 0 Å². The summed E-state index contributed by atoms with van der Waals surface area (Å²) in [7, 11) is 0. The molecule has 7 nitrogen and oxygen atoms in total. The zero-order valence-corrected chi connectivity index (χ0v) is 19.5. The minimum Gasteiger partial charge on any atom is -0.508 e. The van der Waals surface area contributed by atoms with E-state index in [1.807, 2.05) is 12.1 Å². The predicted octanol–water partition coefficient (Wildman–Crippen LogP) is 5.89. The number of benzene rings is 4. The third-order valence-corrected chi connectivity index (χ3v) is 6.74. The van der Waals surface area contributed by atoms with E-state index in [2.05, 4.69) is 5.32 Å². The summed E-state index contributed by atoms with van der Waals surface area (Å²) in [5.41, 5.74) is 1.27. The van der Waals surface area contributed by atoms with Crippen molar-refractivity contribution in [2.45, 2.75) is 10.6 Å². The van der Waals surface area contributed by atoms with Crippen LogP contribution in [0.25, 0.3) is 21.7 Å². The molecule has 0 fully saturated rings. The zero-order chi connectivity index (χ0) is 25.2. The van der Waals surface area contributed by atoms with Crippen LogP contribution >= 0.6 is 11.8 Å². The Labute approximate surface area is 209 Å². The molecular formula is C28H19NO6S. The number of carboxylic acid groups (broad SMARTS) is 1. The standard InChI is InChI=1S/C28H19NO6S/c30-20-10-7-17-13-18(28(34)35-24(17)14-20)15-36-21-11-8-19(9-12-21)29-26(31)22-5-1-3-16-4-2-6-23(25(16)22)27(32)33/h1-14,30H,15H2,(H,29,31)(H,32,33). The molecule has 0 saturated carbocycles. The van der Waals surface area contributed by atoms with E-state index in [-0.39, 0.29) is 16.9 Å². The van der Waals surface area contributed by atoms with Crippen LogP contribution in [-0.4, -0.2) is 22.1 Å². The Morgan fingerprint density at radius 3 is 2.31 bits per heavy atom. The lowest BCUT2D eigenvalue weighted by Gasteiger charge is -2.11. The number of thioether (sulfide) groups is 1. The van der Waals surface area contributed by atoms with Gasteiger partial charge in [-0.3, -0.25) is 4.79 Å². The number of amides is 1. The van der Waals surface area contributed by atoms with Gasteiger partial charge >= 0.3 is 11.6 Å². The first-order valence-electron chi connectivity index (χ1n) is 10.9. The van der Waals surface area contributed by atoms with E-state index in [9.17, 15) is 24.6 Å². The van der Waals surface area contributed by atoms with Gasteiger partial charge in [0.15, 0.2) is 0 Å². The smallest absolute Gasteiger partial charge is 0.340 e. The Morgan fingerprint density at radius 2 is 1.58 bits per heavy atom. The summed E-state index contributed by atoms with van der Waals surface area (Å²) in [6.07, 6.45) is 0. The van der Waals surface area contributed by atoms with Gasteiger partial charge in [-0.25, -0.2) is 9.59 Å². The van der Waals surface area contributed by atoms with Gasteiger partial charge in [0.1, 0.15) is 11.3 Å². The van der Waals surface area contributed by atoms with Gasteiger partial charge in [-0.2, -0.15) is 0 Å². The van der Waals surface area contributed by atoms with Crippen molar-refractivity contribution < 1.29 is 24.2 Å². The van der Waals surface area contributed by atoms with Gasteiger partial charge in [0.2, 0.25) is 0 Å². The molecule has 5 aromatic rings. The maximum Gasteiger partial charge on any atom is 0.340 e. The highest BCUT2D eigenvalue weighted by atomic mass is 32.2. The fourth-order valence-corrected chi connectivity index (χ4v) is 4.80. The van der Waals surface area contributed by atoms with Crippen LogP contribution < -0.4 is 10.9 Å². The fraction of sp³-hybridized carbons (Fsp3) is 0.0357. The molecule has 0 aliphatic carbocycles. The highest BCUT2D eigenvalue weighted by Gasteiger charge is 2.16. The topological polar surface area (TPSA) is 117 Å². The zero-order valence-electron chi connectivity index (χ0n) is 18.7. The predicted molar refractivity (Wildman–Crippen MR) is 139 cm³/mol. The number of phenolic OH excluding ortho intramolecular Hbond substituents is 1. The third kappa shape index (κ3) is 4.67. The molecule has 0 radical (unpaired) electrons.